The molecule has 11 nitrogen and oxygen atoms in total. The molecule has 0 aliphatic heterocycles. The highest BCUT2D eigenvalue weighted by atomic mass is 32.3. The van der Waals surface area contributed by atoms with Gasteiger partial charge in [-0.25, -0.2) is 4.21 Å². The van der Waals surface area contributed by atoms with Crippen LogP contribution in [0.1, 0.15) is 0 Å². The Labute approximate surface area is 81.0 Å². The highest BCUT2D eigenvalue weighted by Gasteiger charge is 1.85. The minimum Gasteiger partial charge on any atom is -0.750 e. The summed E-state index contributed by atoms with van der Waals surface area (Å²) in [4.78, 5) is 0. The summed E-state index contributed by atoms with van der Waals surface area (Å²) in [6, 6.07) is 0. The third-order valence-corrected chi connectivity index (χ3v) is 0. The predicted octanol–water partition coefficient (Wildman–Crippen LogP) is -1.97. The van der Waals surface area contributed by atoms with E-state index >= 15 is 0 Å². The molecule has 0 fully saturated rings. The molecule has 1 atom stereocenters. The first-order valence-corrected chi connectivity index (χ1v) is 5.74. The molecule has 0 radical (unpaired) electrons. The van der Waals surface area contributed by atoms with Crippen LogP contribution in [0.2, 0.25) is 0 Å². The van der Waals surface area contributed by atoms with Crippen LogP contribution in [0.5, 0.6) is 0 Å². The topological polar surface area (TPSA) is 210 Å². The van der Waals surface area contributed by atoms with Crippen molar-refractivity contribution in [3.63, 3.8) is 0 Å². The zero-order valence-corrected chi connectivity index (χ0v) is 8.36. The van der Waals surface area contributed by atoms with Gasteiger partial charge in [0.05, 0.1) is 11.4 Å². The minimum atomic E-state index is -4.67. The van der Waals surface area contributed by atoms with Crippen molar-refractivity contribution in [2.75, 3.05) is 0 Å². The molecule has 5 N–H and O–H groups in total. The third kappa shape index (κ3) is 38200. The molecule has 14 heavy (non-hydrogen) atoms. The van der Waals surface area contributed by atoms with E-state index in [4.69, 9.17) is 48.4 Å². The van der Waals surface area contributed by atoms with Gasteiger partial charge in [0.25, 0.3) is 0 Å². The van der Waals surface area contributed by atoms with E-state index in [0.29, 0.717) is 0 Å². The maximum atomic E-state index is 8.74. The Morgan fingerprint density at radius 1 is 0.857 bits per heavy atom. The second kappa shape index (κ2) is 8.15. The molecule has 0 bridgehead atoms. The predicted molar refractivity (Wildman–Crippen MR) is 39.9 cm³/mol. The van der Waals surface area contributed by atoms with Crippen LogP contribution in [0.15, 0.2) is 0 Å². The first-order chi connectivity index (χ1) is 5.73. The summed E-state index contributed by atoms with van der Waals surface area (Å²) >= 11 is -2.86. The molecule has 0 aromatic carbocycles. The molecule has 0 aliphatic carbocycles. The van der Waals surface area contributed by atoms with E-state index in [9.17, 15) is 0 Å². The zero-order chi connectivity index (χ0) is 12.6. The van der Waals surface area contributed by atoms with Crippen molar-refractivity contribution < 1.29 is 48.4 Å². The van der Waals surface area contributed by atoms with Gasteiger partial charge in [0, 0.05) is 0 Å². The molecule has 0 aromatic heterocycles. The van der Waals surface area contributed by atoms with Gasteiger partial charge < -0.3 is 9.11 Å². The Bertz CT molecular complexity index is 277. The molecule has 1 unspecified atom stereocenters. The maximum Gasteiger partial charge on any atom is 0.394 e. The van der Waals surface area contributed by atoms with Crippen LogP contribution in [0.4, 0.5) is 0 Å². The molecule has 14 heteroatoms. The summed E-state index contributed by atoms with van der Waals surface area (Å²) in [6.45, 7) is 0. The summed E-state index contributed by atoms with van der Waals surface area (Å²) in [7, 11) is -9.33. The van der Waals surface area contributed by atoms with E-state index in [-0.39, 0.29) is 0 Å². The number of rotatable bonds is 0. The fourth-order valence-corrected chi connectivity index (χ4v) is 0. The van der Waals surface area contributed by atoms with Crippen molar-refractivity contribution in [1.29, 1.82) is 0 Å². The van der Waals surface area contributed by atoms with Crippen LogP contribution < -0.4 is 0 Å². The molecule has 0 aromatic rings. The van der Waals surface area contributed by atoms with Gasteiger partial charge in [0.2, 0.25) is 0 Å². The SMILES string of the molecule is O=S(=O)(O)O.O=S(=O)(O)O.O=S([O-])O. The Morgan fingerprint density at radius 3 is 0.857 bits per heavy atom. The molecule has 0 saturated heterocycles. The highest BCUT2D eigenvalue weighted by Crippen LogP contribution is 1.59. The first-order valence-electron chi connectivity index (χ1n) is 1.91. The fourth-order valence-electron chi connectivity index (χ4n) is 0. The molecule has 0 aliphatic rings. The largest absolute Gasteiger partial charge is 0.750 e. The van der Waals surface area contributed by atoms with Crippen molar-refractivity contribution in [1.82, 2.24) is 0 Å². The van der Waals surface area contributed by atoms with Crippen LogP contribution in [-0.4, -0.2) is 48.4 Å². The van der Waals surface area contributed by atoms with Crippen LogP contribution in [0, 0.1) is 0 Å². The monoisotopic (exact) mass is 277 g/mol. The van der Waals surface area contributed by atoms with E-state index in [1.54, 1.807) is 0 Å². The summed E-state index contributed by atoms with van der Waals surface area (Å²) in [5, 5.41) is 0. The van der Waals surface area contributed by atoms with Gasteiger partial charge in [-0.3, -0.25) is 18.2 Å². The summed E-state index contributed by atoms with van der Waals surface area (Å²) in [5.41, 5.74) is 0. The number of hydrogen-bond donors (Lipinski definition) is 5. The Kier molecular flexibility index (Phi) is 11.3. The van der Waals surface area contributed by atoms with Crippen LogP contribution in [0.3, 0.4) is 0 Å². The second-order valence-corrected chi connectivity index (χ2v) is 3.34. The summed E-state index contributed by atoms with van der Waals surface area (Å²) < 4.78 is 87.3. The van der Waals surface area contributed by atoms with Gasteiger partial charge in [-0.05, 0) is 0 Å². The van der Waals surface area contributed by atoms with Crippen molar-refractivity contribution in [2.45, 2.75) is 0 Å². The maximum absolute atomic E-state index is 8.74. The third-order valence-electron chi connectivity index (χ3n) is 0. The van der Waals surface area contributed by atoms with Gasteiger partial charge >= 0.3 is 20.8 Å². The lowest BCUT2D eigenvalue weighted by atomic mass is 15.8. The van der Waals surface area contributed by atoms with Gasteiger partial charge in [-0.1, -0.05) is 0 Å². The summed E-state index contributed by atoms with van der Waals surface area (Å²) in [5.74, 6) is 0. The molecular weight excluding hydrogens is 272 g/mol. The smallest absolute Gasteiger partial charge is 0.394 e. The van der Waals surface area contributed by atoms with Crippen LogP contribution in [0.25, 0.3) is 0 Å². The van der Waals surface area contributed by atoms with Crippen molar-refractivity contribution in [3.05, 3.63) is 0 Å². The van der Waals surface area contributed by atoms with Gasteiger partial charge in [0.1, 0.15) is 0 Å². The molecule has 0 spiro atoms. The van der Waals surface area contributed by atoms with Crippen LogP contribution >= 0.6 is 0 Å². The molecular formula is H5O11S3-. The Balaban J connectivity index is -0.000000131. The van der Waals surface area contributed by atoms with Crippen molar-refractivity contribution in [3.8, 4) is 0 Å². The standard InChI is InChI=1S/2H2O4S.H2O3S/c2*1-5(2,3)4;1-4(2)3/h2*(H2,1,2,3,4);(H2,1,2,3)/p-1. The lowest BCUT2D eigenvalue weighted by Crippen LogP contribution is -1.89. The lowest BCUT2D eigenvalue weighted by molar-refractivity contribution is 0.378. The Morgan fingerprint density at radius 2 is 0.857 bits per heavy atom. The average Bonchev–Trinajstić information content (AvgIpc) is 1.45. The van der Waals surface area contributed by atoms with E-state index in [1.165, 1.54) is 0 Å². The van der Waals surface area contributed by atoms with Gasteiger partial charge in [-0.15, -0.1) is 0 Å². The quantitative estimate of drug-likeness (QED) is 0.242. The molecule has 0 rings (SSSR count). The molecule has 0 heterocycles. The van der Waals surface area contributed by atoms with Gasteiger partial charge in [-0.2, -0.15) is 16.8 Å². The normalized spacial score (nSPS) is 12.7. The van der Waals surface area contributed by atoms with E-state index in [1.807, 2.05) is 0 Å². The van der Waals surface area contributed by atoms with Crippen molar-refractivity contribution >= 4 is 32.2 Å². The van der Waals surface area contributed by atoms with E-state index in [0.717, 1.165) is 0 Å². The molecule has 90 valence electrons. The average molecular weight is 277 g/mol. The summed E-state index contributed by atoms with van der Waals surface area (Å²) in [6.07, 6.45) is 0. The molecule has 0 amide bonds. The van der Waals surface area contributed by atoms with Crippen molar-refractivity contribution in [2.24, 2.45) is 0 Å². The molecule has 0 saturated carbocycles. The highest BCUT2D eigenvalue weighted by molar-refractivity contribution is 7.80. The fraction of sp³-hybridized carbons (Fsp3) is 0. The second-order valence-electron chi connectivity index (χ2n) is 1.11. The van der Waals surface area contributed by atoms with Crippen LogP contribution in [-0.2, 0) is 32.2 Å². The number of hydrogen-bond acceptors (Lipinski definition) is 6. The lowest BCUT2D eigenvalue weighted by Gasteiger charge is -1.83. The first kappa shape index (κ1) is 19.4. The minimum absolute atomic E-state index is 2.86. The van der Waals surface area contributed by atoms with Gasteiger partial charge in [0.15, 0.2) is 0 Å². The van der Waals surface area contributed by atoms with E-state index in [2.05, 4.69) is 0 Å². The Hall–Kier alpha value is -0.190. The van der Waals surface area contributed by atoms with E-state index < -0.39 is 32.2 Å². The zero-order valence-electron chi connectivity index (χ0n) is 5.91.